The molecule has 22 heavy (non-hydrogen) atoms. The molecule has 0 fully saturated rings. The molecule has 0 aliphatic carbocycles. The number of aromatic amines is 1. The lowest BCUT2D eigenvalue weighted by molar-refractivity contribution is 1.37. The normalized spacial score (nSPS) is 14.8. The summed E-state index contributed by atoms with van der Waals surface area (Å²) in [5.74, 6) is 0. The molecule has 4 rings (SSSR count). The van der Waals surface area contributed by atoms with Crippen LogP contribution in [0.3, 0.4) is 0 Å². The summed E-state index contributed by atoms with van der Waals surface area (Å²) in [5.41, 5.74) is 14.0. The first-order chi connectivity index (χ1) is 10.8. The molecule has 3 nitrogen and oxygen atoms in total. The van der Waals surface area contributed by atoms with Crippen molar-refractivity contribution in [3.8, 4) is 11.1 Å². The van der Waals surface area contributed by atoms with Crippen LogP contribution in [0.15, 0.2) is 60.8 Å². The minimum absolute atomic E-state index is 0.788. The van der Waals surface area contributed by atoms with E-state index in [0.29, 0.717) is 0 Å². The third-order valence-corrected chi connectivity index (χ3v) is 4.00. The van der Waals surface area contributed by atoms with Crippen LogP contribution in [-0.2, 0) is 0 Å². The Morgan fingerprint density at radius 1 is 1.00 bits per heavy atom. The highest BCUT2D eigenvalue weighted by atomic mass is 14.9. The molecule has 0 unspecified atom stereocenters. The van der Waals surface area contributed by atoms with Crippen molar-refractivity contribution in [2.75, 3.05) is 17.6 Å². The maximum Gasteiger partial charge on any atom is 0.0426 e. The second kappa shape index (κ2) is 5.11. The van der Waals surface area contributed by atoms with Gasteiger partial charge in [0.15, 0.2) is 0 Å². The molecule has 0 amide bonds. The van der Waals surface area contributed by atoms with Crippen LogP contribution >= 0.6 is 0 Å². The number of H-pyrrole nitrogens is 1. The summed E-state index contributed by atoms with van der Waals surface area (Å²) < 4.78 is 0. The van der Waals surface area contributed by atoms with Crippen molar-refractivity contribution in [1.29, 1.82) is 0 Å². The van der Waals surface area contributed by atoms with Crippen molar-refractivity contribution in [1.82, 2.24) is 4.98 Å². The summed E-state index contributed by atoms with van der Waals surface area (Å²) in [5, 5.41) is 3.47. The van der Waals surface area contributed by atoms with E-state index in [2.05, 4.69) is 46.7 Å². The number of benzene rings is 2. The molecule has 0 radical (unpaired) electrons. The number of nitrogens with one attached hydrogen (secondary N) is 2. The highest BCUT2D eigenvalue weighted by Gasteiger charge is 2.20. The number of anilines is 2. The largest absolute Gasteiger partial charge is 0.399 e. The van der Waals surface area contributed by atoms with Gasteiger partial charge in [-0.1, -0.05) is 24.3 Å². The lowest BCUT2D eigenvalue weighted by atomic mass is 9.94. The summed E-state index contributed by atoms with van der Waals surface area (Å²) in [6.07, 6.45) is 4.15. The summed E-state index contributed by atoms with van der Waals surface area (Å²) in [4.78, 5) is 3.24. The molecule has 3 aromatic rings. The van der Waals surface area contributed by atoms with Crippen LogP contribution in [-0.4, -0.2) is 11.5 Å². The second-order valence-electron chi connectivity index (χ2n) is 5.50. The molecule has 1 aliphatic rings. The number of fused-ring (bicyclic) bond motifs is 1. The molecule has 1 aromatic heterocycles. The molecule has 0 bridgehead atoms. The molecular formula is C19H17N3. The first-order valence-electron chi connectivity index (χ1n) is 7.38. The number of aromatic nitrogens is 1. The summed E-state index contributed by atoms with van der Waals surface area (Å²) >= 11 is 0. The predicted octanol–water partition coefficient (Wildman–Crippen LogP) is 4.23. The maximum absolute atomic E-state index is 5.95. The van der Waals surface area contributed by atoms with Crippen molar-refractivity contribution in [3.63, 3.8) is 0 Å². The number of rotatable bonds is 2. The number of hydrogen-bond donors (Lipinski definition) is 3. The number of nitrogens with two attached hydrogens (primary N) is 1. The van der Waals surface area contributed by atoms with E-state index >= 15 is 0 Å². The number of nitrogen functional groups attached to an aromatic ring is 1. The smallest absolute Gasteiger partial charge is 0.0426 e. The van der Waals surface area contributed by atoms with Crippen LogP contribution in [0.1, 0.15) is 11.3 Å². The highest BCUT2D eigenvalue weighted by molar-refractivity contribution is 5.99. The molecule has 2 aromatic carbocycles. The second-order valence-corrected chi connectivity index (χ2v) is 5.50. The van der Waals surface area contributed by atoms with Gasteiger partial charge in [-0.3, -0.25) is 0 Å². The zero-order valence-corrected chi connectivity index (χ0v) is 12.1. The molecule has 0 spiro atoms. The molecule has 0 saturated heterocycles. The van der Waals surface area contributed by atoms with Gasteiger partial charge in [0, 0.05) is 35.4 Å². The van der Waals surface area contributed by atoms with Gasteiger partial charge < -0.3 is 16.0 Å². The minimum atomic E-state index is 0.788. The highest BCUT2D eigenvalue weighted by Crippen LogP contribution is 2.39. The van der Waals surface area contributed by atoms with Gasteiger partial charge in [-0.05, 0) is 53.1 Å². The summed E-state index contributed by atoms with van der Waals surface area (Å²) in [6, 6.07) is 18.5. The maximum atomic E-state index is 5.95. The molecule has 4 N–H and O–H groups in total. The monoisotopic (exact) mass is 287 g/mol. The summed E-state index contributed by atoms with van der Waals surface area (Å²) in [6.45, 7) is 0.841. The van der Waals surface area contributed by atoms with Crippen molar-refractivity contribution in [2.45, 2.75) is 0 Å². The summed E-state index contributed by atoms with van der Waals surface area (Å²) in [7, 11) is 0. The average molecular weight is 287 g/mol. The molecular weight excluding hydrogens is 270 g/mol. The van der Waals surface area contributed by atoms with E-state index in [1.165, 1.54) is 22.4 Å². The quantitative estimate of drug-likeness (QED) is 0.618. The molecule has 1 aliphatic heterocycles. The SMILES string of the molecule is Nc1cccc(-c2cccc3c2/C(=C/c2ccc[nH]2)CN3)c1. The Kier molecular flexibility index (Phi) is 2.97. The van der Waals surface area contributed by atoms with E-state index < -0.39 is 0 Å². The van der Waals surface area contributed by atoms with Crippen LogP contribution in [0.5, 0.6) is 0 Å². The van der Waals surface area contributed by atoms with Gasteiger partial charge in [0.2, 0.25) is 0 Å². The Morgan fingerprint density at radius 2 is 1.91 bits per heavy atom. The lowest BCUT2D eigenvalue weighted by Crippen LogP contribution is -1.91. The van der Waals surface area contributed by atoms with Crippen LogP contribution in [0.25, 0.3) is 22.8 Å². The zero-order valence-electron chi connectivity index (χ0n) is 12.1. The molecule has 2 heterocycles. The van der Waals surface area contributed by atoms with E-state index in [-0.39, 0.29) is 0 Å². The van der Waals surface area contributed by atoms with E-state index in [9.17, 15) is 0 Å². The first-order valence-corrected chi connectivity index (χ1v) is 7.38. The van der Waals surface area contributed by atoms with Gasteiger partial charge in [0.1, 0.15) is 0 Å². The van der Waals surface area contributed by atoms with Gasteiger partial charge in [0.25, 0.3) is 0 Å². The van der Waals surface area contributed by atoms with Gasteiger partial charge in [-0.25, -0.2) is 0 Å². The fourth-order valence-corrected chi connectivity index (χ4v) is 3.02. The molecule has 108 valence electrons. The minimum Gasteiger partial charge on any atom is -0.399 e. The topological polar surface area (TPSA) is 53.8 Å². The Balaban J connectivity index is 1.88. The van der Waals surface area contributed by atoms with E-state index in [1.807, 2.05) is 30.5 Å². The van der Waals surface area contributed by atoms with Gasteiger partial charge in [0.05, 0.1) is 0 Å². The van der Waals surface area contributed by atoms with E-state index in [4.69, 9.17) is 5.73 Å². The van der Waals surface area contributed by atoms with E-state index in [1.54, 1.807) is 0 Å². The fraction of sp³-hybridized carbons (Fsp3) is 0.0526. The van der Waals surface area contributed by atoms with Crippen LogP contribution in [0.2, 0.25) is 0 Å². The average Bonchev–Trinajstić information content (AvgIpc) is 3.18. The standard InChI is InChI=1S/C19H17N3/c20-15-5-1-4-13(10-15)17-7-2-8-18-19(17)14(12-22-18)11-16-6-3-9-21-16/h1-11,21-22H,12,20H2/b14-11+. The van der Waals surface area contributed by atoms with Crippen molar-refractivity contribution in [2.24, 2.45) is 0 Å². The fourth-order valence-electron chi connectivity index (χ4n) is 3.02. The van der Waals surface area contributed by atoms with Gasteiger partial charge in [-0.2, -0.15) is 0 Å². The lowest BCUT2D eigenvalue weighted by Gasteiger charge is -2.10. The van der Waals surface area contributed by atoms with Crippen LogP contribution in [0.4, 0.5) is 11.4 Å². The number of hydrogen-bond acceptors (Lipinski definition) is 2. The van der Waals surface area contributed by atoms with Crippen LogP contribution in [0, 0.1) is 0 Å². The zero-order chi connectivity index (χ0) is 14.9. The van der Waals surface area contributed by atoms with Crippen LogP contribution < -0.4 is 11.1 Å². The van der Waals surface area contributed by atoms with Gasteiger partial charge >= 0.3 is 0 Å². The van der Waals surface area contributed by atoms with Crippen molar-refractivity contribution >= 4 is 23.0 Å². The third kappa shape index (κ3) is 2.17. The molecule has 0 saturated carbocycles. The molecule has 0 atom stereocenters. The Hall–Kier alpha value is -2.94. The third-order valence-electron chi connectivity index (χ3n) is 4.00. The van der Waals surface area contributed by atoms with Gasteiger partial charge in [-0.15, -0.1) is 0 Å². The molecule has 3 heteroatoms. The van der Waals surface area contributed by atoms with Crippen molar-refractivity contribution in [3.05, 3.63) is 72.1 Å². The van der Waals surface area contributed by atoms with E-state index in [0.717, 1.165) is 23.5 Å². The Bertz CT molecular complexity index is 845. The van der Waals surface area contributed by atoms with Crippen molar-refractivity contribution < 1.29 is 0 Å². The Labute approximate surface area is 129 Å². The Morgan fingerprint density at radius 3 is 2.73 bits per heavy atom. The first kappa shape index (κ1) is 12.8. The predicted molar refractivity (Wildman–Crippen MR) is 93.4 cm³/mol.